The minimum Gasteiger partial charge on any atom is -0.479 e. The lowest BCUT2D eigenvalue weighted by molar-refractivity contribution is -0.300. The number of aldehydes is 1. The Morgan fingerprint density at radius 3 is 2.69 bits per heavy atom. The maximum Gasteiger partial charge on any atom is 0.335 e. The number of fused-ring (bicyclic) bond motifs is 1. The van der Waals surface area contributed by atoms with Gasteiger partial charge in [-0.3, -0.25) is 4.79 Å². The molecule has 0 bridgehead atoms. The van der Waals surface area contributed by atoms with Crippen LogP contribution in [0.5, 0.6) is 0 Å². The number of aliphatic hydroxyl groups is 3. The van der Waals surface area contributed by atoms with Crippen molar-refractivity contribution < 1.29 is 44.3 Å². The average molecular weight is 622 g/mol. The molecule has 0 aliphatic carbocycles. The van der Waals surface area contributed by atoms with E-state index in [0.717, 1.165) is 34.1 Å². The van der Waals surface area contributed by atoms with E-state index < -0.39 is 42.8 Å². The zero-order valence-corrected chi connectivity index (χ0v) is 24.5. The number of ether oxygens (including phenoxy) is 2. The Morgan fingerprint density at radius 1 is 1.17 bits per heavy atom. The van der Waals surface area contributed by atoms with E-state index in [1.165, 1.54) is 0 Å². The predicted octanol–water partition coefficient (Wildman–Crippen LogP) is 3.24. The number of benzene rings is 1. The molecule has 0 radical (unpaired) electrons. The van der Waals surface area contributed by atoms with Gasteiger partial charge in [0.25, 0.3) is 0 Å². The highest BCUT2D eigenvalue weighted by atomic mass is 35.5. The summed E-state index contributed by atoms with van der Waals surface area (Å²) in [5.74, 6) is -1.48. The number of aliphatic hydroxyl groups excluding tert-OH is 3. The molecule has 7 atom stereocenters. The number of aliphatic carboxylic acids is 1. The van der Waals surface area contributed by atoms with Gasteiger partial charge in [-0.05, 0) is 38.2 Å². The second-order valence-corrected chi connectivity index (χ2v) is 11.9. The predicted molar refractivity (Wildman–Crippen MR) is 157 cm³/mol. The van der Waals surface area contributed by atoms with Crippen LogP contribution in [0.2, 0.25) is 5.02 Å². The summed E-state index contributed by atoms with van der Waals surface area (Å²) in [4.78, 5) is 37.3. The van der Waals surface area contributed by atoms with Gasteiger partial charge in [0, 0.05) is 34.3 Å². The maximum absolute atomic E-state index is 12.6. The van der Waals surface area contributed by atoms with E-state index in [1.54, 1.807) is 22.3 Å². The highest BCUT2D eigenvalue weighted by molar-refractivity contribution is 7.19. The van der Waals surface area contributed by atoms with E-state index in [0.29, 0.717) is 43.7 Å². The fraction of sp³-hybridized carbons (Fsp3) is 0.500. The van der Waals surface area contributed by atoms with Crippen LogP contribution in [0.15, 0.2) is 48.6 Å². The van der Waals surface area contributed by atoms with Crippen molar-refractivity contribution in [1.29, 1.82) is 0 Å². The molecule has 2 fully saturated rings. The van der Waals surface area contributed by atoms with E-state index in [2.05, 4.69) is 0 Å². The molecule has 3 heterocycles. The van der Waals surface area contributed by atoms with Crippen molar-refractivity contribution in [3.8, 4) is 0 Å². The Morgan fingerprint density at radius 2 is 1.95 bits per heavy atom. The number of allylic oxidation sites excluding steroid dienone is 1. The van der Waals surface area contributed by atoms with Crippen LogP contribution in [0.4, 0.5) is 0 Å². The van der Waals surface area contributed by atoms with Gasteiger partial charge in [0.15, 0.2) is 12.4 Å². The number of carboxylic acids is 1. The molecule has 4 rings (SSSR count). The van der Waals surface area contributed by atoms with Crippen molar-refractivity contribution in [2.45, 2.75) is 87.8 Å². The summed E-state index contributed by atoms with van der Waals surface area (Å²) >= 11 is 8.20. The molecule has 1 amide bonds. The van der Waals surface area contributed by atoms with Crippen molar-refractivity contribution in [3.05, 3.63) is 58.5 Å². The van der Waals surface area contributed by atoms with Crippen LogP contribution in [0.25, 0.3) is 10.1 Å². The lowest BCUT2D eigenvalue weighted by atomic mass is 9.99. The molecule has 2 saturated heterocycles. The first-order valence-electron chi connectivity index (χ1n) is 14.0. The minimum absolute atomic E-state index is 0.0177. The van der Waals surface area contributed by atoms with Gasteiger partial charge in [0.1, 0.15) is 24.6 Å². The summed E-state index contributed by atoms with van der Waals surface area (Å²) in [5, 5.41) is 41.9. The number of carboxylic acid groups (broad SMARTS) is 1. The zero-order chi connectivity index (χ0) is 30.2. The maximum atomic E-state index is 12.6. The average Bonchev–Trinajstić information content (AvgIpc) is 3.50. The molecule has 2 aliphatic rings. The number of thiophene rings is 1. The molecule has 228 valence electrons. The van der Waals surface area contributed by atoms with Crippen molar-refractivity contribution >= 4 is 51.2 Å². The molecule has 0 spiro atoms. The molecule has 0 saturated carbocycles. The fourth-order valence-electron chi connectivity index (χ4n) is 5.12. The van der Waals surface area contributed by atoms with Crippen LogP contribution >= 0.6 is 22.9 Å². The van der Waals surface area contributed by atoms with Crippen LogP contribution in [-0.2, 0) is 30.3 Å². The zero-order valence-electron chi connectivity index (χ0n) is 23.0. The van der Waals surface area contributed by atoms with Crippen LogP contribution in [-0.4, -0.2) is 92.9 Å². The van der Waals surface area contributed by atoms with E-state index in [9.17, 15) is 34.8 Å². The molecule has 2 aromatic rings. The number of hydrogen-bond acceptors (Lipinski definition) is 9. The number of carbonyl (C=O) groups excluding carboxylic acids is 2. The number of hydrogen-bond donors (Lipinski definition) is 4. The first-order chi connectivity index (χ1) is 20.2. The third-order valence-corrected chi connectivity index (χ3v) is 9.24. The summed E-state index contributed by atoms with van der Waals surface area (Å²) in [6, 6.07) is 7.57. The highest BCUT2D eigenvalue weighted by Crippen LogP contribution is 2.36. The largest absolute Gasteiger partial charge is 0.479 e. The van der Waals surface area contributed by atoms with Gasteiger partial charge >= 0.3 is 5.97 Å². The normalized spacial score (nSPS) is 27.4. The van der Waals surface area contributed by atoms with E-state index >= 15 is 0 Å². The number of carbonyl (C=O) groups is 3. The first-order valence-corrected chi connectivity index (χ1v) is 15.2. The third-order valence-electron chi connectivity index (χ3n) is 7.46. The smallest absolute Gasteiger partial charge is 0.335 e. The van der Waals surface area contributed by atoms with Crippen LogP contribution in [0.1, 0.15) is 43.4 Å². The van der Waals surface area contributed by atoms with Crippen LogP contribution < -0.4 is 0 Å². The molecule has 10 nitrogen and oxygen atoms in total. The molecule has 2 unspecified atom stereocenters. The summed E-state index contributed by atoms with van der Waals surface area (Å²) in [5.41, 5.74) is 0. The fourth-order valence-corrected chi connectivity index (χ4v) is 6.66. The summed E-state index contributed by atoms with van der Waals surface area (Å²) in [6.07, 6.45) is 2.94. The third kappa shape index (κ3) is 7.84. The molecule has 1 aromatic carbocycles. The Hall–Kier alpha value is -2.64. The summed E-state index contributed by atoms with van der Waals surface area (Å²) in [6.45, 7) is 0.423. The molecular formula is C30H36ClNO9S. The second-order valence-electron chi connectivity index (χ2n) is 10.4. The number of likely N-dealkylation sites (tertiary alicyclic amines) is 1. The van der Waals surface area contributed by atoms with Crippen LogP contribution in [0.3, 0.4) is 0 Å². The Bertz CT molecular complexity index is 1300. The molecular weight excluding hydrogens is 586 g/mol. The SMILES string of the molecule is O=CCCC/C=C\CN1C(=O)CC[C@@H]1/C=C/C(CCc1sc2ccccc2c1Cl)OC1O[C@H](C(=O)O)[C@@H](O)[C@H](O)[C@H]1O. The highest BCUT2D eigenvalue weighted by Gasteiger charge is 2.48. The quantitative estimate of drug-likeness (QED) is 0.141. The van der Waals surface area contributed by atoms with E-state index in [4.69, 9.17) is 21.1 Å². The van der Waals surface area contributed by atoms with Crippen LogP contribution in [0, 0.1) is 0 Å². The standard InChI is InChI=1S/C30H36ClNO9S/c31-24-20-8-4-5-9-21(20)42-22(24)14-13-19(40-30-27(37)25(35)26(36)28(41-30)29(38)39)12-10-18-11-15-23(34)32(18)16-6-2-1-3-7-17-33/h2,4-6,8-10,12,17-19,25-28,30,35-37H,1,3,7,11,13-16H2,(H,38,39)/b6-2-,12-10+/t18-,19?,25-,26-,27+,28-,30?/m0/s1. The number of aryl methyl sites for hydroxylation is 1. The summed E-state index contributed by atoms with van der Waals surface area (Å²) in [7, 11) is 0. The minimum atomic E-state index is -1.83. The Balaban J connectivity index is 1.50. The Kier molecular flexibility index (Phi) is 11.7. The Labute approximate surface area is 252 Å². The van der Waals surface area contributed by atoms with E-state index in [-0.39, 0.29) is 11.9 Å². The molecule has 12 heteroatoms. The lowest BCUT2D eigenvalue weighted by Gasteiger charge is -2.39. The molecule has 2 aliphatic heterocycles. The topological polar surface area (TPSA) is 154 Å². The number of halogens is 1. The van der Waals surface area contributed by atoms with Gasteiger partial charge in [-0.15, -0.1) is 11.3 Å². The lowest BCUT2D eigenvalue weighted by Crippen LogP contribution is -2.60. The first kappa shape index (κ1) is 32.3. The van der Waals surface area contributed by atoms with Crippen molar-refractivity contribution in [2.75, 3.05) is 6.54 Å². The van der Waals surface area contributed by atoms with Gasteiger partial charge in [-0.1, -0.05) is 54.1 Å². The summed E-state index contributed by atoms with van der Waals surface area (Å²) < 4.78 is 12.4. The number of nitrogens with zero attached hydrogens (tertiary/aromatic N) is 1. The van der Waals surface area contributed by atoms with Crippen molar-refractivity contribution in [1.82, 2.24) is 4.90 Å². The second kappa shape index (κ2) is 15.2. The number of unbranched alkanes of at least 4 members (excludes halogenated alkanes) is 2. The monoisotopic (exact) mass is 621 g/mol. The van der Waals surface area contributed by atoms with Gasteiger partial charge < -0.3 is 39.6 Å². The van der Waals surface area contributed by atoms with E-state index in [1.807, 2.05) is 42.5 Å². The van der Waals surface area contributed by atoms with Gasteiger partial charge in [-0.25, -0.2) is 4.79 Å². The van der Waals surface area contributed by atoms with Gasteiger partial charge in [0.05, 0.1) is 17.2 Å². The van der Waals surface area contributed by atoms with Gasteiger partial charge in [0.2, 0.25) is 5.91 Å². The molecule has 4 N–H and O–H groups in total. The number of rotatable bonds is 14. The van der Waals surface area contributed by atoms with Crippen molar-refractivity contribution in [3.63, 3.8) is 0 Å². The molecule has 42 heavy (non-hydrogen) atoms. The molecule has 1 aromatic heterocycles. The van der Waals surface area contributed by atoms with Crippen molar-refractivity contribution in [2.24, 2.45) is 0 Å². The van der Waals surface area contributed by atoms with Gasteiger partial charge in [-0.2, -0.15) is 0 Å². The number of amides is 1.